The van der Waals surface area contributed by atoms with Crippen LogP contribution in [0.3, 0.4) is 0 Å². The molecule has 0 radical (unpaired) electrons. The van der Waals surface area contributed by atoms with Gasteiger partial charge >= 0.3 is 0 Å². The van der Waals surface area contributed by atoms with Gasteiger partial charge in [0, 0.05) is 32.2 Å². The number of nitrogens with zero attached hydrogens (tertiary/aromatic N) is 1. The summed E-state index contributed by atoms with van der Waals surface area (Å²) in [5.41, 5.74) is 5.52. The summed E-state index contributed by atoms with van der Waals surface area (Å²) in [5, 5.41) is 3.47. The van der Waals surface area contributed by atoms with Gasteiger partial charge in [0.25, 0.3) is 0 Å². The highest BCUT2D eigenvalue weighted by atomic mass is 16.5. The zero-order valence-corrected chi connectivity index (χ0v) is 16.4. The van der Waals surface area contributed by atoms with Crippen molar-refractivity contribution in [3.8, 4) is 5.75 Å². The standard InChI is InChI=1S/C23H30N2O2/c1-17-3-8-21-19(15-17)9-14-27-23(21)16-22(25-12-10-24-11-13-25)18-4-6-20(26-2)7-5-18/h3-8,15,22-24H,9-14,16H2,1-2H3. The first-order valence-electron chi connectivity index (χ1n) is 10.0. The molecule has 2 aliphatic rings. The molecule has 1 saturated heterocycles. The Morgan fingerprint density at radius 3 is 2.67 bits per heavy atom. The van der Waals surface area contributed by atoms with Gasteiger partial charge in [-0.3, -0.25) is 4.90 Å². The largest absolute Gasteiger partial charge is 0.497 e. The molecule has 2 aliphatic heterocycles. The highest BCUT2D eigenvalue weighted by Crippen LogP contribution is 2.37. The molecule has 0 spiro atoms. The normalized spacial score (nSPS) is 21.5. The summed E-state index contributed by atoms with van der Waals surface area (Å²) in [7, 11) is 1.72. The Labute approximate surface area is 162 Å². The van der Waals surface area contributed by atoms with Crippen molar-refractivity contribution in [2.24, 2.45) is 0 Å². The van der Waals surface area contributed by atoms with Crippen LogP contribution < -0.4 is 10.1 Å². The summed E-state index contributed by atoms with van der Waals surface area (Å²) in [6, 6.07) is 15.8. The molecular weight excluding hydrogens is 336 g/mol. The number of aryl methyl sites for hydroxylation is 1. The van der Waals surface area contributed by atoms with Crippen LogP contribution in [0.1, 0.15) is 40.8 Å². The molecule has 0 amide bonds. The zero-order chi connectivity index (χ0) is 18.6. The molecule has 2 heterocycles. The monoisotopic (exact) mass is 366 g/mol. The van der Waals surface area contributed by atoms with Crippen molar-refractivity contribution in [2.75, 3.05) is 39.9 Å². The summed E-state index contributed by atoms with van der Waals surface area (Å²) in [6.07, 6.45) is 2.17. The molecular formula is C23H30N2O2. The summed E-state index contributed by atoms with van der Waals surface area (Å²) in [6.45, 7) is 7.24. The van der Waals surface area contributed by atoms with E-state index in [9.17, 15) is 0 Å². The van der Waals surface area contributed by atoms with Crippen molar-refractivity contribution in [1.82, 2.24) is 10.2 Å². The van der Waals surface area contributed by atoms with Crippen LogP contribution in [0.25, 0.3) is 0 Å². The average Bonchev–Trinajstić information content (AvgIpc) is 2.72. The lowest BCUT2D eigenvalue weighted by molar-refractivity contribution is 0.0119. The van der Waals surface area contributed by atoms with Gasteiger partial charge in [0.2, 0.25) is 0 Å². The van der Waals surface area contributed by atoms with Gasteiger partial charge in [-0.15, -0.1) is 0 Å². The minimum absolute atomic E-state index is 0.163. The fraction of sp³-hybridized carbons (Fsp3) is 0.478. The molecule has 2 aromatic rings. The van der Waals surface area contributed by atoms with Crippen molar-refractivity contribution in [3.63, 3.8) is 0 Å². The number of piperazine rings is 1. The molecule has 144 valence electrons. The smallest absolute Gasteiger partial charge is 0.118 e. The number of hydrogen-bond donors (Lipinski definition) is 1. The van der Waals surface area contributed by atoms with E-state index >= 15 is 0 Å². The summed E-state index contributed by atoms with van der Waals surface area (Å²) < 4.78 is 11.6. The van der Waals surface area contributed by atoms with Gasteiger partial charge in [0.05, 0.1) is 19.8 Å². The van der Waals surface area contributed by atoms with Crippen LogP contribution in [-0.4, -0.2) is 44.8 Å². The van der Waals surface area contributed by atoms with Gasteiger partial charge in [0.1, 0.15) is 5.75 Å². The van der Waals surface area contributed by atoms with Crippen molar-refractivity contribution in [2.45, 2.75) is 31.9 Å². The van der Waals surface area contributed by atoms with Gasteiger partial charge in [0.15, 0.2) is 0 Å². The topological polar surface area (TPSA) is 33.7 Å². The van der Waals surface area contributed by atoms with E-state index < -0.39 is 0 Å². The van der Waals surface area contributed by atoms with E-state index in [-0.39, 0.29) is 6.10 Å². The number of benzene rings is 2. The van der Waals surface area contributed by atoms with Gasteiger partial charge in [-0.25, -0.2) is 0 Å². The van der Waals surface area contributed by atoms with Crippen LogP contribution in [0, 0.1) is 6.92 Å². The Morgan fingerprint density at radius 2 is 1.93 bits per heavy atom. The average molecular weight is 367 g/mol. The SMILES string of the molecule is COc1ccc(C(CC2OCCc3cc(C)ccc32)N2CCNCC2)cc1. The Kier molecular flexibility index (Phi) is 5.77. The number of nitrogens with one attached hydrogen (secondary N) is 1. The van der Waals surface area contributed by atoms with Crippen LogP contribution in [0.2, 0.25) is 0 Å². The molecule has 2 atom stereocenters. The summed E-state index contributed by atoms with van der Waals surface area (Å²) >= 11 is 0. The lowest BCUT2D eigenvalue weighted by Crippen LogP contribution is -2.45. The van der Waals surface area contributed by atoms with Gasteiger partial charge in [-0.1, -0.05) is 35.9 Å². The first-order valence-corrected chi connectivity index (χ1v) is 10.0. The van der Waals surface area contributed by atoms with E-state index in [4.69, 9.17) is 9.47 Å². The third kappa shape index (κ3) is 4.18. The van der Waals surface area contributed by atoms with Crippen molar-refractivity contribution in [3.05, 3.63) is 64.7 Å². The molecule has 4 nitrogen and oxygen atoms in total. The first kappa shape index (κ1) is 18.5. The van der Waals surface area contributed by atoms with Crippen molar-refractivity contribution < 1.29 is 9.47 Å². The Bertz CT molecular complexity index is 753. The maximum absolute atomic E-state index is 6.27. The van der Waals surface area contributed by atoms with E-state index in [2.05, 4.69) is 59.6 Å². The maximum Gasteiger partial charge on any atom is 0.118 e. The Balaban J connectivity index is 1.61. The number of rotatable bonds is 5. The highest BCUT2D eigenvalue weighted by Gasteiger charge is 2.29. The third-order valence-corrected chi connectivity index (χ3v) is 5.87. The van der Waals surface area contributed by atoms with Crippen LogP contribution in [0.15, 0.2) is 42.5 Å². The second kappa shape index (κ2) is 8.42. The second-order valence-electron chi connectivity index (χ2n) is 7.62. The van der Waals surface area contributed by atoms with E-state index in [1.54, 1.807) is 7.11 Å². The molecule has 4 rings (SSSR count). The van der Waals surface area contributed by atoms with E-state index in [1.165, 1.54) is 22.3 Å². The fourth-order valence-corrected chi connectivity index (χ4v) is 4.38. The molecule has 2 aromatic carbocycles. The number of hydrogen-bond acceptors (Lipinski definition) is 4. The molecule has 2 unspecified atom stereocenters. The highest BCUT2D eigenvalue weighted by molar-refractivity contribution is 5.35. The fourth-order valence-electron chi connectivity index (χ4n) is 4.38. The molecule has 0 aliphatic carbocycles. The minimum atomic E-state index is 0.163. The molecule has 0 saturated carbocycles. The second-order valence-corrected chi connectivity index (χ2v) is 7.62. The van der Waals surface area contributed by atoms with Gasteiger partial charge in [-0.05, 0) is 48.6 Å². The lowest BCUT2D eigenvalue weighted by atomic mass is 9.89. The predicted octanol–water partition coefficient (Wildman–Crippen LogP) is 3.65. The zero-order valence-electron chi connectivity index (χ0n) is 16.4. The quantitative estimate of drug-likeness (QED) is 0.876. The van der Waals surface area contributed by atoms with Crippen molar-refractivity contribution >= 4 is 0 Å². The van der Waals surface area contributed by atoms with Gasteiger partial charge < -0.3 is 14.8 Å². The van der Waals surface area contributed by atoms with Crippen molar-refractivity contribution in [1.29, 1.82) is 0 Å². The Morgan fingerprint density at radius 1 is 1.15 bits per heavy atom. The van der Waals surface area contributed by atoms with E-state index in [1.807, 2.05) is 0 Å². The first-order chi connectivity index (χ1) is 13.2. The number of ether oxygens (including phenoxy) is 2. The third-order valence-electron chi connectivity index (χ3n) is 5.87. The van der Waals surface area contributed by atoms with Crippen LogP contribution in [0.4, 0.5) is 0 Å². The maximum atomic E-state index is 6.27. The van der Waals surface area contributed by atoms with E-state index in [0.29, 0.717) is 6.04 Å². The Hall–Kier alpha value is -1.88. The summed E-state index contributed by atoms with van der Waals surface area (Å²) in [5.74, 6) is 0.910. The molecule has 0 bridgehead atoms. The van der Waals surface area contributed by atoms with Crippen LogP contribution in [0.5, 0.6) is 5.75 Å². The van der Waals surface area contributed by atoms with E-state index in [0.717, 1.165) is 51.4 Å². The summed E-state index contributed by atoms with van der Waals surface area (Å²) in [4.78, 5) is 2.60. The minimum Gasteiger partial charge on any atom is -0.497 e. The molecule has 1 fully saturated rings. The molecule has 27 heavy (non-hydrogen) atoms. The molecule has 0 aromatic heterocycles. The van der Waals surface area contributed by atoms with Crippen LogP contribution in [-0.2, 0) is 11.2 Å². The predicted molar refractivity (Wildman–Crippen MR) is 108 cm³/mol. The molecule has 4 heteroatoms. The number of methoxy groups -OCH3 is 1. The molecule has 1 N–H and O–H groups in total. The van der Waals surface area contributed by atoms with Crippen LogP contribution >= 0.6 is 0 Å². The lowest BCUT2D eigenvalue weighted by Gasteiger charge is -2.38. The van der Waals surface area contributed by atoms with Gasteiger partial charge in [-0.2, -0.15) is 0 Å². The number of fused-ring (bicyclic) bond motifs is 1.